The second kappa shape index (κ2) is 8.22. The van der Waals surface area contributed by atoms with Gasteiger partial charge in [0.15, 0.2) is 5.82 Å². The summed E-state index contributed by atoms with van der Waals surface area (Å²) in [5.41, 5.74) is 0.404. The molecule has 4 rings (SSSR count). The molecule has 1 aromatic heterocycles. The van der Waals surface area contributed by atoms with Crippen LogP contribution in [-0.2, 0) is 21.6 Å². The Morgan fingerprint density at radius 3 is 2.48 bits per heavy atom. The molecule has 1 aromatic carbocycles. The fourth-order valence-corrected chi connectivity index (χ4v) is 4.63. The fraction of sp³-hybridized carbons (Fsp3) is 0.652. The van der Waals surface area contributed by atoms with Gasteiger partial charge in [-0.1, -0.05) is 12.1 Å². The van der Waals surface area contributed by atoms with Gasteiger partial charge in [0.25, 0.3) is 0 Å². The molecule has 168 valence electrons. The lowest BCUT2D eigenvalue weighted by Crippen LogP contribution is -2.39. The maximum Gasteiger partial charge on any atom is 0.229 e. The Morgan fingerprint density at radius 1 is 1.19 bits per heavy atom. The van der Waals surface area contributed by atoms with Gasteiger partial charge in [0.05, 0.1) is 23.1 Å². The maximum absolute atomic E-state index is 13.7. The number of rotatable bonds is 5. The van der Waals surface area contributed by atoms with Crippen LogP contribution < -0.4 is 4.74 Å². The first-order valence-corrected chi connectivity index (χ1v) is 11.1. The Labute approximate surface area is 183 Å². The molecule has 0 N–H and O–H groups in total. The number of benzene rings is 1. The van der Waals surface area contributed by atoms with Crippen LogP contribution >= 0.6 is 0 Å². The van der Waals surface area contributed by atoms with Gasteiger partial charge in [-0.3, -0.25) is 4.79 Å². The van der Waals surface area contributed by atoms with Gasteiger partial charge < -0.3 is 14.4 Å². The summed E-state index contributed by atoms with van der Waals surface area (Å²) in [6, 6.07) is 7.84. The summed E-state index contributed by atoms with van der Waals surface area (Å²) in [6.45, 7) is 12.0. The molecule has 0 aliphatic carbocycles. The van der Waals surface area contributed by atoms with Crippen molar-refractivity contribution < 1.29 is 14.3 Å². The van der Waals surface area contributed by atoms with Crippen LogP contribution in [0.2, 0.25) is 0 Å². The van der Waals surface area contributed by atoms with Gasteiger partial charge >= 0.3 is 0 Å². The molecule has 31 heavy (non-hydrogen) atoms. The minimum atomic E-state index is -0.391. The van der Waals surface area contributed by atoms with Crippen molar-refractivity contribution in [2.24, 2.45) is 5.41 Å². The first-order chi connectivity index (χ1) is 14.7. The Kier molecular flexibility index (Phi) is 5.77. The zero-order valence-corrected chi connectivity index (χ0v) is 19.2. The largest absolute Gasteiger partial charge is 0.491 e. The third-order valence-electron chi connectivity index (χ3n) is 6.20. The molecule has 1 amide bonds. The number of amides is 1. The van der Waals surface area contributed by atoms with Crippen molar-refractivity contribution in [1.82, 2.24) is 25.1 Å². The number of carbonyl (C=O) groups is 1. The molecule has 2 aromatic rings. The van der Waals surface area contributed by atoms with E-state index in [-0.39, 0.29) is 23.6 Å². The molecule has 1 spiro atoms. The molecule has 0 radical (unpaired) electrons. The van der Waals surface area contributed by atoms with Gasteiger partial charge in [0, 0.05) is 19.8 Å². The van der Waals surface area contributed by atoms with Crippen molar-refractivity contribution in [2.45, 2.75) is 78.1 Å². The molecule has 1 atom stereocenters. The standard InChI is InChI=1S/C23H33N5O3/c1-16(2)31-18-8-6-17(7-9-18)15-27-19(20-24-25-26-28(20)22(3,4)5)14-23(21(27)29)10-12-30-13-11-23/h6-9,16,19H,10-15H2,1-5H3. The summed E-state index contributed by atoms with van der Waals surface area (Å²) in [5, 5.41) is 12.6. The van der Waals surface area contributed by atoms with E-state index < -0.39 is 5.41 Å². The number of hydrogen-bond acceptors (Lipinski definition) is 6. The Bertz CT molecular complexity index is 910. The van der Waals surface area contributed by atoms with Crippen LogP contribution in [0.4, 0.5) is 0 Å². The van der Waals surface area contributed by atoms with Crippen LogP contribution in [0.15, 0.2) is 24.3 Å². The SMILES string of the molecule is CC(C)Oc1ccc(CN2C(=O)C3(CCOCC3)CC2c2nnnn2C(C)(C)C)cc1. The van der Waals surface area contributed by atoms with Crippen molar-refractivity contribution in [3.63, 3.8) is 0 Å². The average molecular weight is 428 g/mol. The lowest BCUT2D eigenvalue weighted by atomic mass is 9.77. The minimum absolute atomic E-state index is 0.125. The molecule has 2 saturated heterocycles. The smallest absolute Gasteiger partial charge is 0.229 e. The number of tetrazole rings is 1. The number of nitrogens with zero attached hydrogens (tertiary/aromatic N) is 5. The number of aromatic nitrogens is 4. The normalized spacial score (nSPS) is 21.3. The van der Waals surface area contributed by atoms with Gasteiger partial charge in [-0.2, -0.15) is 0 Å². The van der Waals surface area contributed by atoms with Crippen molar-refractivity contribution >= 4 is 5.91 Å². The van der Waals surface area contributed by atoms with Gasteiger partial charge in [0.2, 0.25) is 5.91 Å². The monoisotopic (exact) mass is 427 g/mol. The van der Waals surface area contributed by atoms with E-state index in [2.05, 4.69) is 36.3 Å². The molecule has 0 bridgehead atoms. The summed E-state index contributed by atoms with van der Waals surface area (Å²) < 4.78 is 13.2. The van der Waals surface area contributed by atoms with Crippen LogP contribution in [-0.4, -0.2) is 50.3 Å². The molecule has 0 saturated carbocycles. The summed E-state index contributed by atoms with van der Waals surface area (Å²) >= 11 is 0. The van der Waals surface area contributed by atoms with E-state index in [1.54, 1.807) is 0 Å². The van der Waals surface area contributed by atoms with Crippen LogP contribution in [0, 0.1) is 5.41 Å². The van der Waals surface area contributed by atoms with E-state index in [9.17, 15) is 4.79 Å². The predicted molar refractivity (Wildman–Crippen MR) is 115 cm³/mol. The maximum atomic E-state index is 13.7. The lowest BCUT2D eigenvalue weighted by molar-refractivity contribution is -0.141. The highest BCUT2D eigenvalue weighted by Gasteiger charge is 2.54. The predicted octanol–water partition coefficient (Wildman–Crippen LogP) is 3.49. The zero-order chi connectivity index (χ0) is 22.2. The highest BCUT2D eigenvalue weighted by Crippen LogP contribution is 2.50. The third-order valence-corrected chi connectivity index (χ3v) is 6.20. The molecule has 8 nitrogen and oxygen atoms in total. The molecule has 2 aliphatic heterocycles. The van der Waals surface area contributed by atoms with Gasteiger partial charge in [-0.15, -0.1) is 5.10 Å². The van der Waals surface area contributed by atoms with Crippen molar-refractivity contribution in [2.75, 3.05) is 13.2 Å². The molecule has 2 aliphatic rings. The van der Waals surface area contributed by atoms with Crippen LogP contribution in [0.3, 0.4) is 0 Å². The van der Waals surface area contributed by atoms with E-state index in [4.69, 9.17) is 9.47 Å². The van der Waals surface area contributed by atoms with Gasteiger partial charge in [0.1, 0.15) is 5.75 Å². The molecule has 2 fully saturated rings. The molecule has 3 heterocycles. The Morgan fingerprint density at radius 2 is 1.87 bits per heavy atom. The second-order valence-corrected chi connectivity index (χ2v) is 9.98. The first-order valence-electron chi connectivity index (χ1n) is 11.1. The number of carbonyl (C=O) groups excluding carboxylic acids is 1. The number of likely N-dealkylation sites (tertiary alicyclic amines) is 1. The quantitative estimate of drug-likeness (QED) is 0.727. The number of ether oxygens (including phenoxy) is 2. The number of hydrogen-bond donors (Lipinski definition) is 0. The molecule has 1 unspecified atom stereocenters. The fourth-order valence-electron chi connectivity index (χ4n) is 4.63. The molecular weight excluding hydrogens is 394 g/mol. The van der Waals surface area contributed by atoms with E-state index in [0.717, 1.165) is 36.4 Å². The summed E-state index contributed by atoms with van der Waals surface area (Å²) in [7, 11) is 0. The molecular formula is C23H33N5O3. The lowest BCUT2D eigenvalue weighted by Gasteiger charge is -2.31. The van der Waals surface area contributed by atoms with Crippen molar-refractivity contribution in [3.8, 4) is 5.75 Å². The van der Waals surface area contributed by atoms with Crippen molar-refractivity contribution in [1.29, 1.82) is 0 Å². The van der Waals surface area contributed by atoms with E-state index >= 15 is 0 Å². The van der Waals surface area contributed by atoms with Gasteiger partial charge in [-0.25, -0.2) is 4.68 Å². The van der Waals surface area contributed by atoms with E-state index in [1.165, 1.54) is 0 Å². The topological polar surface area (TPSA) is 82.4 Å². The highest BCUT2D eigenvalue weighted by atomic mass is 16.5. The zero-order valence-electron chi connectivity index (χ0n) is 19.2. The minimum Gasteiger partial charge on any atom is -0.491 e. The van der Waals surface area contributed by atoms with E-state index in [0.29, 0.717) is 19.8 Å². The summed E-state index contributed by atoms with van der Waals surface area (Å²) in [5.74, 6) is 1.77. The summed E-state index contributed by atoms with van der Waals surface area (Å²) in [4.78, 5) is 15.7. The van der Waals surface area contributed by atoms with Crippen LogP contribution in [0.1, 0.15) is 71.3 Å². The molecule has 8 heteroatoms. The second-order valence-electron chi connectivity index (χ2n) is 9.98. The van der Waals surface area contributed by atoms with Crippen LogP contribution in [0.5, 0.6) is 5.75 Å². The Hall–Kier alpha value is -2.48. The highest BCUT2D eigenvalue weighted by molar-refractivity contribution is 5.85. The van der Waals surface area contributed by atoms with Gasteiger partial charge in [-0.05, 0) is 82.0 Å². The Balaban J connectivity index is 1.65. The average Bonchev–Trinajstić information content (AvgIpc) is 3.30. The third kappa shape index (κ3) is 4.31. The first kappa shape index (κ1) is 21.7. The summed E-state index contributed by atoms with van der Waals surface area (Å²) in [6.07, 6.45) is 2.34. The van der Waals surface area contributed by atoms with E-state index in [1.807, 2.05) is 47.7 Å². The van der Waals surface area contributed by atoms with Crippen molar-refractivity contribution in [3.05, 3.63) is 35.7 Å². The van der Waals surface area contributed by atoms with Crippen LogP contribution in [0.25, 0.3) is 0 Å².